The van der Waals surface area contributed by atoms with Crippen LogP contribution in [-0.4, -0.2) is 51.3 Å². The minimum Gasteiger partial charge on any atom is -0.356 e. The summed E-state index contributed by atoms with van der Waals surface area (Å²) < 4.78 is 27.3. The third-order valence-electron chi connectivity index (χ3n) is 4.95. The maximum Gasteiger partial charge on any atom is 0.240 e. The minimum absolute atomic E-state index is 0.0130. The molecule has 0 bridgehead atoms. The molecule has 1 heterocycles. The second-order valence-corrected chi connectivity index (χ2v) is 9.34. The minimum atomic E-state index is -3.65. The van der Waals surface area contributed by atoms with Crippen molar-refractivity contribution in [3.05, 3.63) is 29.3 Å². The van der Waals surface area contributed by atoms with E-state index in [4.69, 9.17) is 0 Å². The number of hydrogen-bond acceptors (Lipinski definition) is 4. The highest BCUT2D eigenvalue weighted by Crippen LogP contribution is 2.17. The third kappa shape index (κ3) is 6.60. The van der Waals surface area contributed by atoms with Crippen LogP contribution in [0.15, 0.2) is 23.1 Å². The molecule has 0 spiro atoms. The van der Waals surface area contributed by atoms with Gasteiger partial charge in [-0.3, -0.25) is 9.59 Å². The lowest BCUT2D eigenvalue weighted by Crippen LogP contribution is -2.40. The first-order chi connectivity index (χ1) is 13.2. The van der Waals surface area contributed by atoms with E-state index in [1.165, 1.54) is 0 Å². The van der Waals surface area contributed by atoms with Gasteiger partial charge in [0.1, 0.15) is 0 Å². The average molecular weight is 410 g/mol. The van der Waals surface area contributed by atoms with Crippen LogP contribution in [0.25, 0.3) is 0 Å². The Bertz CT molecular complexity index is 808. The van der Waals surface area contributed by atoms with Gasteiger partial charge in [-0.2, -0.15) is 0 Å². The van der Waals surface area contributed by atoms with Crippen LogP contribution in [0.2, 0.25) is 0 Å². The molecule has 28 heavy (non-hydrogen) atoms. The number of amides is 2. The summed E-state index contributed by atoms with van der Waals surface area (Å²) in [5.74, 6) is 0.309. The van der Waals surface area contributed by atoms with E-state index in [1.54, 1.807) is 19.1 Å². The maximum absolute atomic E-state index is 12.4. The number of likely N-dealkylation sites (tertiary alicyclic amines) is 1. The maximum atomic E-state index is 12.4. The van der Waals surface area contributed by atoms with Crippen molar-refractivity contribution in [3.8, 4) is 0 Å². The van der Waals surface area contributed by atoms with E-state index in [0.29, 0.717) is 11.5 Å². The Hall–Kier alpha value is -1.93. The molecule has 1 aromatic rings. The zero-order chi connectivity index (χ0) is 20.7. The van der Waals surface area contributed by atoms with Gasteiger partial charge in [0.05, 0.1) is 4.90 Å². The highest BCUT2D eigenvalue weighted by Gasteiger charge is 2.21. The van der Waals surface area contributed by atoms with Crippen molar-refractivity contribution >= 4 is 21.8 Å². The lowest BCUT2D eigenvalue weighted by atomic mass is 10.00. The molecule has 156 valence electrons. The molecule has 0 aliphatic carbocycles. The van der Waals surface area contributed by atoms with E-state index in [0.717, 1.165) is 31.5 Å². The summed E-state index contributed by atoms with van der Waals surface area (Å²) in [4.78, 5) is 26.2. The molecule has 1 fully saturated rings. The topological polar surface area (TPSA) is 95.6 Å². The summed E-state index contributed by atoms with van der Waals surface area (Å²) in [6, 6.07) is 5.23. The number of benzene rings is 1. The Kier molecular flexibility index (Phi) is 8.00. The molecular weight excluding hydrogens is 378 g/mol. The summed E-state index contributed by atoms with van der Waals surface area (Å²) in [7, 11) is -3.65. The fraction of sp³-hybridized carbons (Fsp3) is 0.600. The van der Waals surface area contributed by atoms with Crippen LogP contribution in [-0.2, 0) is 19.6 Å². The standard InChI is InChI=1S/C20H31N3O4S/c1-15-6-7-17(3)18(13-15)28(26,27)22-11-8-19(24)21-10-9-20(25)23-12-4-5-16(2)14-23/h6-7,13,16,22H,4-5,8-12,14H2,1-3H3,(H,21,24). The number of hydrogen-bond donors (Lipinski definition) is 2. The predicted octanol–water partition coefficient (Wildman–Crippen LogP) is 1.74. The number of sulfonamides is 1. The van der Waals surface area contributed by atoms with E-state index < -0.39 is 10.0 Å². The van der Waals surface area contributed by atoms with E-state index in [1.807, 2.05) is 17.9 Å². The van der Waals surface area contributed by atoms with Gasteiger partial charge in [0.25, 0.3) is 0 Å². The van der Waals surface area contributed by atoms with E-state index in [9.17, 15) is 18.0 Å². The van der Waals surface area contributed by atoms with E-state index in [2.05, 4.69) is 17.0 Å². The van der Waals surface area contributed by atoms with Crippen molar-refractivity contribution in [1.82, 2.24) is 14.9 Å². The van der Waals surface area contributed by atoms with Crippen molar-refractivity contribution in [3.63, 3.8) is 0 Å². The number of nitrogens with one attached hydrogen (secondary N) is 2. The van der Waals surface area contributed by atoms with Crippen molar-refractivity contribution in [2.24, 2.45) is 5.92 Å². The van der Waals surface area contributed by atoms with Crippen molar-refractivity contribution in [2.75, 3.05) is 26.2 Å². The number of rotatable bonds is 8. The van der Waals surface area contributed by atoms with Gasteiger partial charge in [-0.25, -0.2) is 13.1 Å². The van der Waals surface area contributed by atoms with Crippen molar-refractivity contribution < 1.29 is 18.0 Å². The summed E-state index contributed by atoms with van der Waals surface area (Å²) in [5.41, 5.74) is 1.52. The van der Waals surface area contributed by atoms with Gasteiger partial charge in [0.2, 0.25) is 21.8 Å². The van der Waals surface area contributed by atoms with E-state index >= 15 is 0 Å². The Morgan fingerprint density at radius 1 is 1.18 bits per heavy atom. The van der Waals surface area contributed by atoms with Gasteiger partial charge in [-0.05, 0) is 49.8 Å². The number of aryl methyl sites for hydroxylation is 2. The van der Waals surface area contributed by atoms with Crippen molar-refractivity contribution in [1.29, 1.82) is 0 Å². The zero-order valence-corrected chi connectivity index (χ0v) is 17.8. The third-order valence-corrected chi connectivity index (χ3v) is 6.55. The molecule has 2 N–H and O–H groups in total. The number of nitrogens with zero attached hydrogens (tertiary/aromatic N) is 1. The molecular formula is C20H31N3O4S. The Balaban J connectivity index is 1.71. The lowest BCUT2D eigenvalue weighted by Gasteiger charge is -2.31. The van der Waals surface area contributed by atoms with Crippen molar-refractivity contribution in [2.45, 2.75) is 51.3 Å². The predicted molar refractivity (Wildman–Crippen MR) is 108 cm³/mol. The zero-order valence-electron chi connectivity index (χ0n) is 17.0. The molecule has 7 nitrogen and oxygen atoms in total. The second-order valence-electron chi connectivity index (χ2n) is 7.60. The monoisotopic (exact) mass is 409 g/mol. The quantitative estimate of drug-likeness (QED) is 0.684. The first-order valence-electron chi connectivity index (χ1n) is 9.80. The van der Waals surface area contributed by atoms with Crippen LogP contribution in [0, 0.1) is 19.8 Å². The molecule has 0 aromatic heterocycles. The highest BCUT2D eigenvalue weighted by atomic mass is 32.2. The van der Waals surface area contributed by atoms with Gasteiger partial charge < -0.3 is 10.2 Å². The van der Waals surface area contributed by atoms with Gasteiger partial charge in [-0.1, -0.05) is 19.1 Å². The lowest BCUT2D eigenvalue weighted by molar-refractivity contribution is -0.132. The van der Waals surface area contributed by atoms with Gasteiger partial charge in [0.15, 0.2) is 0 Å². The molecule has 1 aliphatic rings. The highest BCUT2D eigenvalue weighted by molar-refractivity contribution is 7.89. The van der Waals surface area contributed by atoms with E-state index in [-0.39, 0.29) is 42.6 Å². The summed E-state index contributed by atoms with van der Waals surface area (Å²) >= 11 is 0. The Labute approximate surface area is 167 Å². The second kappa shape index (κ2) is 10.0. The van der Waals surface area contributed by atoms with Crippen LogP contribution >= 0.6 is 0 Å². The molecule has 8 heteroatoms. The van der Waals surface area contributed by atoms with Crippen LogP contribution < -0.4 is 10.0 Å². The number of carbonyl (C=O) groups excluding carboxylic acids is 2. The first-order valence-corrected chi connectivity index (χ1v) is 11.3. The Morgan fingerprint density at radius 3 is 2.64 bits per heavy atom. The molecule has 1 saturated heterocycles. The fourth-order valence-electron chi connectivity index (χ4n) is 3.34. The number of piperidine rings is 1. The summed E-state index contributed by atoms with van der Waals surface area (Å²) in [6.45, 7) is 7.56. The Morgan fingerprint density at radius 2 is 1.93 bits per heavy atom. The number of carbonyl (C=O) groups is 2. The van der Waals surface area contributed by atoms with Gasteiger partial charge >= 0.3 is 0 Å². The fourth-order valence-corrected chi connectivity index (χ4v) is 4.70. The van der Waals surface area contributed by atoms with Crippen LogP contribution in [0.3, 0.4) is 0 Å². The van der Waals surface area contributed by atoms with Crippen LogP contribution in [0.5, 0.6) is 0 Å². The summed E-state index contributed by atoms with van der Waals surface area (Å²) in [5, 5.41) is 2.69. The molecule has 0 saturated carbocycles. The molecule has 1 aromatic carbocycles. The van der Waals surface area contributed by atoms with Crippen LogP contribution in [0.1, 0.15) is 43.7 Å². The molecule has 2 amide bonds. The molecule has 0 radical (unpaired) electrons. The first kappa shape index (κ1) is 22.4. The molecule has 1 atom stereocenters. The van der Waals surface area contributed by atoms with Gasteiger partial charge in [0, 0.05) is 39.0 Å². The SMILES string of the molecule is Cc1ccc(C)c(S(=O)(=O)NCCC(=O)NCCC(=O)N2CCCC(C)C2)c1. The molecule has 1 aliphatic heterocycles. The smallest absolute Gasteiger partial charge is 0.240 e. The normalized spacial score (nSPS) is 17.4. The average Bonchev–Trinajstić information content (AvgIpc) is 2.63. The largest absolute Gasteiger partial charge is 0.356 e. The molecule has 1 unspecified atom stereocenters. The van der Waals surface area contributed by atoms with Gasteiger partial charge in [-0.15, -0.1) is 0 Å². The summed E-state index contributed by atoms with van der Waals surface area (Å²) in [6.07, 6.45) is 2.48. The van der Waals surface area contributed by atoms with Crippen LogP contribution in [0.4, 0.5) is 0 Å². The molecule has 2 rings (SSSR count).